The number of hydrogen-bond acceptors (Lipinski definition) is 10. The van der Waals surface area contributed by atoms with Crippen LogP contribution in [0.5, 0.6) is 17.2 Å². The van der Waals surface area contributed by atoms with Crippen molar-refractivity contribution in [2.45, 2.75) is 170 Å². The first kappa shape index (κ1) is 55.0. The second-order valence-electron chi connectivity index (χ2n) is 23.3. The van der Waals surface area contributed by atoms with Crippen molar-refractivity contribution in [3.63, 3.8) is 0 Å². The summed E-state index contributed by atoms with van der Waals surface area (Å²) in [6.07, 6.45) is 1.35. The van der Waals surface area contributed by atoms with Crippen LogP contribution in [0.4, 0.5) is 0 Å². The number of aliphatic hydroxyl groups is 1. The van der Waals surface area contributed by atoms with E-state index in [1.807, 2.05) is 106 Å². The lowest BCUT2D eigenvalue weighted by Crippen LogP contribution is -2.42. The van der Waals surface area contributed by atoms with Crippen LogP contribution < -0.4 is 0 Å². The second kappa shape index (κ2) is 21.5. The van der Waals surface area contributed by atoms with E-state index in [2.05, 4.69) is 48.1 Å². The Morgan fingerprint density at radius 3 is 1.18 bits per heavy atom. The molecule has 1 unspecified atom stereocenters. The van der Waals surface area contributed by atoms with E-state index in [1.165, 1.54) is 0 Å². The number of benzene rings is 3. The average molecular weight is 903 g/mol. The third-order valence-electron chi connectivity index (χ3n) is 11.8. The van der Waals surface area contributed by atoms with Crippen molar-refractivity contribution in [3.8, 4) is 17.2 Å². The maximum absolute atomic E-state index is 13.4. The van der Waals surface area contributed by atoms with Gasteiger partial charge in [-0.15, -0.1) is 0 Å². The number of rotatable bonds is 19. The number of allylic oxidation sites excluding steroid dienone is 1. The topological polar surface area (TPSA) is 152 Å². The first-order chi connectivity index (χ1) is 29.7. The van der Waals surface area contributed by atoms with E-state index in [9.17, 15) is 30.0 Å². The van der Waals surface area contributed by atoms with Crippen LogP contribution >= 0.6 is 0 Å². The van der Waals surface area contributed by atoms with Crippen LogP contribution in [-0.2, 0) is 74.9 Å². The van der Waals surface area contributed by atoms with Gasteiger partial charge in [0.2, 0.25) is 0 Å². The van der Waals surface area contributed by atoms with E-state index in [0.29, 0.717) is 42.8 Å². The molecule has 65 heavy (non-hydrogen) atoms. The van der Waals surface area contributed by atoms with Gasteiger partial charge in [0.25, 0.3) is 0 Å². The number of phenols is 3. The average Bonchev–Trinajstić information content (AvgIpc) is 3.17. The molecule has 0 saturated heterocycles. The minimum atomic E-state index is -1.29. The third kappa shape index (κ3) is 15.6. The van der Waals surface area contributed by atoms with E-state index in [4.69, 9.17) is 18.9 Å². The molecule has 3 aromatic rings. The molecule has 1 atom stereocenters. The third-order valence-corrected chi connectivity index (χ3v) is 11.8. The predicted octanol–water partition coefficient (Wildman–Crippen LogP) is 11.2. The molecule has 3 rings (SSSR count). The Bertz CT molecular complexity index is 2060. The van der Waals surface area contributed by atoms with E-state index >= 15 is 0 Å². The van der Waals surface area contributed by atoms with Gasteiger partial charge in [0, 0.05) is 24.0 Å². The van der Waals surface area contributed by atoms with Crippen molar-refractivity contribution in [1.82, 2.24) is 0 Å². The Morgan fingerprint density at radius 1 is 0.508 bits per heavy atom. The molecule has 0 aromatic heterocycles. The number of aliphatic hydroxyl groups excluding tert-OH is 1. The molecule has 0 aliphatic heterocycles. The van der Waals surface area contributed by atoms with E-state index < -0.39 is 24.0 Å². The Morgan fingerprint density at radius 2 is 0.846 bits per heavy atom. The van der Waals surface area contributed by atoms with Crippen LogP contribution in [0.2, 0.25) is 0 Å². The number of carbonyl (C=O) groups is 2. The van der Waals surface area contributed by atoms with Gasteiger partial charge in [0.1, 0.15) is 37.3 Å². The summed E-state index contributed by atoms with van der Waals surface area (Å²) < 4.78 is 23.4. The predicted molar refractivity (Wildman–Crippen MR) is 261 cm³/mol. The number of aryl methyl sites for hydroxylation is 2. The summed E-state index contributed by atoms with van der Waals surface area (Å²) in [7, 11) is 0. The van der Waals surface area contributed by atoms with Gasteiger partial charge in [-0.1, -0.05) is 141 Å². The zero-order chi connectivity index (χ0) is 49.5. The second-order valence-corrected chi connectivity index (χ2v) is 23.3. The summed E-state index contributed by atoms with van der Waals surface area (Å²) in [6.45, 7) is 35.5. The number of esters is 2. The van der Waals surface area contributed by atoms with Crippen molar-refractivity contribution < 1.29 is 49.0 Å². The first-order valence-electron chi connectivity index (χ1n) is 23.0. The van der Waals surface area contributed by atoms with Gasteiger partial charge < -0.3 is 39.4 Å². The molecule has 4 N–H and O–H groups in total. The van der Waals surface area contributed by atoms with Crippen LogP contribution in [0.3, 0.4) is 0 Å². The molecule has 10 heteroatoms. The fourth-order valence-corrected chi connectivity index (χ4v) is 7.63. The molecule has 0 fully saturated rings. The van der Waals surface area contributed by atoms with Crippen molar-refractivity contribution in [2.24, 2.45) is 5.41 Å². The van der Waals surface area contributed by atoms with Crippen molar-refractivity contribution >= 4 is 17.5 Å². The number of carbonyl (C=O) groups excluding carboxylic acids is 2. The molecule has 0 heterocycles. The van der Waals surface area contributed by atoms with Crippen LogP contribution in [-0.4, -0.2) is 72.2 Å². The summed E-state index contributed by atoms with van der Waals surface area (Å²) in [6, 6.07) is 11.7. The standard InChI is InChI=1S/C55H82O10/c1-35(2)39-24-36(25-40(47(39)59)50(3,4)5)18-20-45(57)64-32-55(30-56,31-63-34-62-23-22-38-28-43(53(12,13)14)49(61)44(29-38)54(15,16)17)33-65-46(58)21-19-37-26-41(51(6,7)8)48(60)42(27-37)52(9,10)11/h24-29,56,59-61H,1,18-23,30-34H2,2-17H3. The molecule has 0 aliphatic rings. The van der Waals surface area contributed by atoms with Crippen molar-refractivity contribution in [2.75, 3.05) is 39.8 Å². The lowest BCUT2D eigenvalue weighted by Gasteiger charge is -2.30. The number of hydrogen-bond donors (Lipinski definition) is 4. The molecule has 0 spiro atoms. The Kier molecular flexibility index (Phi) is 18.2. The van der Waals surface area contributed by atoms with Gasteiger partial charge in [-0.05, 0) is 104 Å². The molecule has 10 nitrogen and oxygen atoms in total. The summed E-state index contributed by atoms with van der Waals surface area (Å²) in [5.74, 6) is -0.248. The highest BCUT2D eigenvalue weighted by Crippen LogP contribution is 2.42. The molecule has 0 aliphatic carbocycles. The van der Waals surface area contributed by atoms with Gasteiger partial charge in [-0.2, -0.15) is 0 Å². The smallest absolute Gasteiger partial charge is 0.306 e. The molecule has 0 bridgehead atoms. The van der Waals surface area contributed by atoms with Gasteiger partial charge >= 0.3 is 11.9 Å². The molecule has 362 valence electrons. The van der Waals surface area contributed by atoms with Crippen LogP contribution in [0, 0.1) is 5.41 Å². The molecule has 0 amide bonds. The fraction of sp³-hybridized carbons (Fsp3) is 0.600. The molecule has 0 saturated carbocycles. The molecular weight excluding hydrogens is 821 g/mol. The lowest BCUT2D eigenvalue weighted by atomic mass is 9.78. The Labute approximate surface area is 390 Å². The number of aromatic hydroxyl groups is 3. The summed E-state index contributed by atoms with van der Waals surface area (Å²) in [5, 5.41) is 44.2. The van der Waals surface area contributed by atoms with E-state index in [1.54, 1.807) is 0 Å². The maximum atomic E-state index is 13.4. The van der Waals surface area contributed by atoms with Gasteiger partial charge in [-0.25, -0.2) is 0 Å². The largest absolute Gasteiger partial charge is 0.507 e. The fourth-order valence-electron chi connectivity index (χ4n) is 7.63. The van der Waals surface area contributed by atoms with Gasteiger partial charge in [0.15, 0.2) is 0 Å². The monoisotopic (exact) mass is 903 g/mol. The number of ether oxygens (including phenoxy) is 4. The zero-order valence-electron chi connectivity index (χ0n) is 42.7. The SMILES string of the molecule is C=C(C)c1cc(CCC(=O)OCC(CO)(COCOCCc2cc(C(C)(C)C)c(O)c(C(C)(C)C)c2)COC(=O)CCc2cc(C(C)(C)C)c(O)c(C(C)(C)C)c2)cc(C(C)(C)C)c1O. The van der Waals surface area contributed by atoms with Crippen molar-refractivity contribution in [3.05, 3.63) is 93.0 Å². The highest BCUT2D eigenvalue weighted by Gasteiger charge is 2.35. The van der Waals surface area contributed by atoms with Crippen LogP contribution in [0.25, 0.3) is 5.57 Å². The Hall–Kier alpha value is -4.38. The quantitative estimate of drug-likeness (QED) is 0.0520. The van der Waals surface area contributed by atoms with Crippen LogP contribution in [0.1, 0.15) is 174 Å². The van der Waals surface area contributed by atoms with E-state index in [0.717, 1.165) is 44.5 Å². The highest BCUT2D eigenvalue weighted by atomic mass is 16.7. The first-order valence-corrected chi connectivity index (χ1v) is 23.0. The Balaban J connectivity index is 1.77. The summed E-state index contributed by atoms with van der Waals surface area (Å²) in [4.78, 5) is 26.7. The maximum Gasteiger partial charge on any atom is 0.306 e. The highest BCUT2D eigenvalue weighted by molar-refractivity contribution is 5.72. The minimum absolute atomic E-state index is 0.0279. The molecular formula is C55H82O10. The molecule has 0 radical (unpaired) electrons. The number of phenolic OH excluding ortho intramolecular Hbond substituents is 3. The lowest BCUT2D eigenvalue weighted by molar-refractivity contribution is -0.165. The van der Waals surface area contributed by atoms with Gasteiger partial charge in [-0.3, -0.25) is 9.59 Å². The van der Waals surface area contributed by atoms with Gasteiger partial charge in [0.05, 0.1) is 25.2 Å². The minimum Gasteiger partial charge on any atom is -0.507 e. The zero-order valence-corrected chi connectivity index (χ0v) is 42.7. The van der Waals surface area contributed by atoms with E-state index in [-0.39, 0.29) is 78.0 Å². The molecule has 3 aromatic carbocycles. The normalized spacial score (nSPS) is 13.7. The summed E-state index contributed by atoms with van der Waals surface area (Å²) >= 11 is 0. The van der Waals surface area contributed by atoms with Crippen molar-refractivity contribution in [1.29, 1.82) is 0 Å². The summed E-state index contributed by atoms with van der Waals surface area (Å²) in [5.41, 5.74) is 5.37. The van der Waals surface area contributed by atoms with Crippen LogP contribution in [0.15, 0.2) is 43.0 Å².